The highest BCUT2D eigenvalue weighted by atomic mass is 32.1. The van der Waals surface area contributed by atoms with Gasteiger partial charge in [0.25, 0.3) is 11.6 Å². The summed E-state index contributed by atoms with van der Waals surface area (Å²) in [6, 6.07) is 11.1. The normalized spacial score (nSPS) is 10.4. The van der Waals surface area contributed by atoms with E-state index in [1.54, 1.807) is 37.3 Å². The summed E-state index contributed by atoms with van der Waals surface area (Å²) in [6.07, 6.45) is 0. The van der Waals surface area contributed by atoms with Crippen LogP contribution in [-0.4, -0.2) is 22.5 Å². The van der Waals surface area contributed by atoms with Crippen LogP contribution in [0.1, 0.15) is 29.8 Å². The Morgan fingerprint density at radius 3 is 2.48 bits per heavy atom. The molecule has 2 rings (SSSR count). The van der Waals surface area contributed by atoms with Crippen LogP contribution in [0, 0.1) is 23.0 Å². The van der Waals surface area contributed by atoms with Crippen molar-refractivity contribution in [1.29, 1.82) is 0 Å². The lowest BCUT2D eigenvalue weighted by Crippen LogP contribution is -2.34. The molecule has 0 aliphatic rings. The monoisotopic (exact) mass is 387 g/mol. The molecule has 0 unspecified atom stereocenters. The lowest BCUT2D eigenvalue weighted by molar-refractivity contribution is -0.384. The van der Waals surface area contributed by atoms with Gasteiger partial charge < -0.3 is 10.1 Å². The summed E-state index contributed by atoms with van der Waals surface area (Å²) in [4.78, 5) is 22.7. The largest absolute Gasteiger partial charge is 0.493 e. The summed E-state index contributed by atoms with van der Waals surface area (Å²) in [5.74, 6) is 0.716. The molecular formula is C19H21N3O4S. The van der Waals surface area contributed by atoms with Gasteiger partial charge in [-0.15, -0.1) is 0 Å². The Kier molecular flexibility index (Phi) is 6.84. The number of thiocarbonyl (C=S) groups is 1. The summed E-state index contributed by atoms with van der Waals surface area (Å²) < 4.78 is 5.58. The van der Waals surface area contributed by atoms with Gasteiger partial charge in [-0.05, 0) is 54.9 Å². The predicted octanol–water partition coefficient (Wildman–Crippen LogP) is 4.06. The van der Waals surface area contributed by atoms with Crippen molar-refractivity contribution in [3.8, 4) is 5.75 Å². The minimum Gasteiger partial charge on any atom is -0.493 e. The molecule has 0 bridgehead atoms. The minimum atomic E-state index is -0.491. The number of nitrogens with zero attached hydrogens (tertiary/aromatic N) is 1. The highest BCUT2D eigenvalue weighted by molar-refractivity contribution is 7.80. The van der Waals surface area contributed by atoms with Crippen molar-refractivity contribution in [1.82, 2.24) is 5.32 Å². The molecule has 0 saturated carbocycles. The van der Waals surface area contributed by atoms with Gasteiger partial charge in [-0.3, -0.25) is 20.2 Å². The molecule has 0 spiro atoms. The topological polar surface area (TPSA) is 93.5 Å². The Hall–Kier alpha value is -3.00. The van der Waals surface area contributed by atoms with E-state index in [1.807, 2.05) is 0 Å². The first kappa shape index (κ1) is 20.3. The van der Waals surface area contributed by atoms with Gasteiger partial charge in [0.2, 0.25) is 0 Å². The first-order valence-corrected chi connectivity index (χ1v) is 8.77. The Morgan fingerprint density at radius 2 is 1.89 bits per heavy atom. The average Bonchev–Trinajstić information content (AvgIpc) is 2.61. The number of anilines is 1. The van der Waals surface area contributed by atoms with Gasteiger partial charge in [-0.1, -0.05) is 19.9 Å². The number of amides is 1. The lowest BCUT2D eigenvalue weighted by atomic mass is 10.2. The fourth-order valence-corrected chi connectivity index (χ4v) is 2.36. The summed E-state index contributed by atoms with van der Waals surface area (Å²) in [7, 11) is 0. The van der Waals surface area contributed by atoms with E-state index in [0.717, 1.165) is 5.56 Å². The molecule has 7 nitrogen and oxygen atoms in total. The molecule has 0 fully saturated rings. The summed E-state index contributed by atoms with van der Waals surface area (Å²) in [6.45, 7) is 6.49. The number of nitrogens with one attached hydrogen (secondary N) is 2. The number of nitro groups is 1. The van der Waals surface area contributed by atoms with Crippen LogP contribution >= 0.6 is 12.2 Å². The standard InChI is InChI=1S/C19H21N3O4S/c1-12(2)11-26-16-8-5-14(6-9-16)18(23)21-19(27)20-17-10-15(22(24)25)7-4-13(17)3/h4-10,12H,11H2,1-3H3,(H2,20,21,23,27). The number of rotatable bonds is 6. The summed E-state index contributed by atoms with van der Waals surface area (Å²) in [5.41, 5.74) is 1.59. The van der Waals surface area contributed by atoms with Crippen LogP contribution in [0.25, 0.3) is 0 Å². The first-order valence-electron chi connectivity index (χ1n) is 8.36. The van der Waals surface area contributed by atoms with E-state index >= 15 is 0 Å². The molecule has 0 aliphatic heterocycles. The van der Waals surface area contributed by atoms with Crippen molar-refractivity contribution in [2.45, 2.75) is 20.8 Å². The second-order valence-electron chi connectivity index (χ2n) is 6.39. The number of carbonyl (C=O) groups excluding carboxylic acids is 1. The van der Waals surface area contributed by atoms with Crippen LogP contribution < -0.4 is 15.4 Å². The van der Waals surface area contributed by atoms with E-state index in [-0.39, 0.29) is 16.7 Å². The number of hydrogen-bond acceptors (Lipinski definition) is 5. The average molecular weight is 387 g/mol. The number of aryl methyl sites for hydroxylation is 1. The molecular weight excluding hydrogens is 366 g/mol. The fourth-order valence-electron chi connectivity index (χ4n) is 2.15. The van der Waals surface area contributed by atoms with Crippen molar-refractivity contribution >= 4 is 34.6 Å². The van der Waals surface area contributed by atoms with Gasteiger partial charge in [0.15, 0.2) is 5.11 Å². The zero-order valence-corrected chi connectivity index (χ0v) is 16.1. The van der Waals surface area contributed by atoms with Gasteiger partial charge >= 0.3 is 0 Å². The maximum absolute atomic E-state index is 12.3. The maximum atomic E-state index is 12.3. The van der Waals surface area contributed by atoms with Crippen LogP contribution in [0.5, 0.6) is 5.75 Å². The Bertz CT molecular complexity index is 851. The third-order valence-corrected chi connectivity index (χ3v) is 3.81. The van der Waals surface area contributed by atoms with Crippen LogP contribution in [0.4, 0.5) is 11.4 Å². The Morgan fingerprint density at radius 1 is 1.22 bits per heavy atom. The molecule has 0 radical (unpaired) electrons. The van der Waals surface area contributed by atoms with Crippen molar-refractivity contribution in [3.63, 3.8) is 0 Å². The second-order valence-corrected chi connectivity index (χ2v) is 6.80. The molecule has 2 aromatic rings. The van der Waals surface area contributed by atoms with Gasteiger partial charge in [0, 0.05) is 23.4 Å². The van der Waals surface area contributed by atoms with Crippen LogP contribution in [0.2, 0.25) is 0 Å². The zero-order valence-electron chi connectivity index (χ0n) is 15.3. The van der Waals surface area contributed by atoms with Crippen LogP contribution in [-0.2, 0) is 0 Å². The highest BCUT2D eigenvalue weighted by Crippen LogP contribution is 2.21. The van der Waals surface area contributed by atoms with Gasteiger partial charge in [-0.25, -0.2) is 0 Å². The van der Waals surface area contributed by atoms with Gasteiger partial charge in [-0.2, -0.15) is 0 Å². The number of carbonyl (C=O) groups is 1. The molecule has 0 aliphatic carbocycles. The van der Waals surface area contributed by atoms with E-state index in [2.05, 4.69) is 24.5 Å². The van der Waals surface area contributed by atoms with Gasteiger partial charge in [0.05, 0.1) is 11.5 Å². The lowest BCUT2D eigenvalue weighted by Gasteiger charge is -2.12. The number of benzene rings is 2. The molecule has 1 amide bonds. The smallest absolute Gasteiger partial charge is 0.271 e. The van der Waals surface area contributed by atoms with E-state index in [0.29, 0.717) is 29.5 Å². The Labute approximate surface area is 162 Å². The van der Waals surface area contributed by atoms with E-state index in [1.165, 1.54) is 12.1 Å². The number of hydrogen-bond donors (Lipinski definition) is 2. The first-order chi connectivity index (χ1) is 12.8. The second kappa shape index (κ2) is 9.09. The SMILES string of the molecule is Cc1ccc([N+](=O)[O-])cc1NC(=S)NC(=O)c1ccc(OCC(C)C)cc1. The molecule has 0 atom stereocenters. The number of ether oxygens (including phenoxy) is 1. The highest BCUT2D eigenvalue weighted by Gasteiger charge is 2.12. The van der Waals surface area contributed by atoms with E-state index in [4.69, 9.17) is 17.0 Å². The molecule has 2 N–H and O–H groups in total. The Balaban J connectivity index is 1.98. The van der Waals surface area contributed by atoms with Crippen molar-refractivity contribution in [2.75, 3.05) is 11.9 Å². The zero-order chi connectivity index (χ0) is 20.0. The van der Waals surface area contributed by atoms with Crippen molar-refractivity contribution in [3.05, 3.63) is 63.7 Å². The van der Waals surface area contributed by atoms with Crippen molar-refractivity contribution < 1.29 is 14.5 Å². The van der Waals surface area contributed by atoms with Crippen molar-refractivity contribution in [2.24, 2.45) is 5.92 Å². The summed E-state index contributed by atoms with van der Waals surface area (Å²) >= 11 is 5.14. The molecule has 2 aromatic carbocycles. The van der Waals surface area contributed by atoms with Crippen LogP contribution in [0.3, 0.4) is 0 Å². The molecule has 142 valence electrons. The number of non-ortho nitro benzene ring substituents is 1. The molecule has 0 aromatic heterocycles. The quantitative estimate of drug-likeness (QED) is 0.441. The minimum absolute atomic E-state index is 0.0590. The molecule has 27 heavy (non-hydrogen) atoms. The summed E-state index contributed by atoms with van der Waals surface area (Å²) in [5, 5.41) is 16.3. The third-order valence-electron chi connectivity index (χ3n) is 3.61. The van der Waals surface area contributed by atoms with E-state index < -0.39 is 4.92 Å². The maximum Gasteiger partial charge on any atom is 0.271 e. The fraction of sp³-hybridized carbons (Fsp3) is 0.263. The molecule has 0 heterocycles. The third kappa shape index (κ3) is 6.03. The van der Waals surface area contributed by atoms with E-state index in [9.17, 15) is 14.9 Å². The molecule has 0 saturated heterocycles. The number of nitro benzene ring substituents is 1. The molecule has 8 heteroatoms. The predicted molar refractivity (Wildman–Crippen MR) is 108 cm³/mol. The van der Waals surface area contributed by atoms with Crippen LogP contribution in [0.15, 0.2) is 42.5 Å². The van der Waals surface area contributed by atoms with Gasteiger partial charge in [0.1, 0.15) is 5.75 Å².